The van der Waals surface area contributed by atoms with Crippen molar-refractivity contribution < 1.29 is 9.36 Å². The van der Waals surface area contributed by atoms with Gasteiger partial charge in [-0.25, -0.2) is 0 Å². The fourth-order valence-electron chi connectivity index (χ4n) is 1.62. The van der Waals surface area contributed by atoms with Crippen LogP contribution in [0.15, 0.2) is 60.9 Å². The molecule has 2 heteroatoms. The highest BCUT2D eigenvalue weighted by Gasteiger charge is 2.08. The Bertz CT molecular complexity index is 407. The molecule has 0 radical (unpaired) electrons. The molecule has 0 aliphatic rings. The maximum atomic E-state index is 11.8. The SMILES string of the molecule is O=C(Cc1ccccc1)C[n+]1ccccc1. The number of carbonyl (C=O) groups excluding carboxylic acids is 1. The molecule has 0 bridgehead atoms. The van der Waals surface area contributed by atoms with E-state index < -0.39 is 0 Å². The Balaban J connectivity index is 1.95. The zero-order chi connectivity index (χ0) is 11.2. The first-order valence-electron chi connectivity index (χ1n) is 5.34. The highest BCUT2D eigenvalue weighted by Crippen LogP contribution is 1.99. The van der Waals surface area contributed by atoms with Crippen LogP contribution in [0.4, 0.5) is 0 Å². The number of Topliss-reactive ketones (excluding diaryl/α,β-unsaturated/α-hetero) is 1. The van der Waals surface area contributed by atoms with E-state index in [1.165, 1.54) is 0 Å². The van der Waals surface area contributed by atoms with Gasteiger partial charge in [-0.15, -0.1) is 0 Å². The van der Waals surface area contributed by atoms with Gasteiger partial charge in [0.15, 0.2) is 12.4 Å². The molecule has 0 amide bonds. The summed E-state index contributed by atoms with van der Waals surface area (Å²) in [6.07, 6.45) is 4.31. The predicted molar refractivity (Wildman–Crippen MR) is 61.8 cm³/mol. The first-order chi connectivity index (χ1) is 7.84. The second kappa shape index (κ2) is 5.21. The molecule has 1 aromatic carbocycles. The Labute approximate surface area is 95.2 Å². The minimum Gasteiger partial charge on any atom is -0.292 e. The number of hydrogen-bond acceptors (Lipinski definition) is 1. The van der Waals surface area contributed by atoms with Crippen molar-refractivity contribution in [3.05, 3.63) is 66.5 Å². The molecular weight excluding hydrogens is 198 g/mol. The maximum Gasteiger partial charge on any atom is 0.206 e. The van der Waals surface area contributed by atoms with Crippen molar-refractivity contribution in [3.63, 3.8) is 0 Å². The van der Waals surface area contributed by atoms with Crippen molar-refractivity contribution >= 4 is 5.78 Å². The molecule has 0 aliphatic carbocycles. The number of hydrogen-bond donors (Lipinski definition) is 0. The standard InChI is InChI=1S/C14H14NO/c16-14(11-13-7-3-1-4-8-13)12-15-9-5-2-6-10-15/h1-10H,11-12H2/q+1. The van der Waals surface area contributed by atoms with Gasteiger partial charge in [0.05, 0.1) is 0 Å². The van der Waals surface area contributed by atoms with Crippen LogP contribution in [0, 0.1) is 0 Å². The van der Waals surface area contributed by atoms with E-state index in [0.717, 1.165) is 5.56 Å². The van der Waals surface area contributed by atoms with Crippen molar-refractivity contribution in [2.24, 2.45) is 0 Å². The summed E-state index contributed by atoms with van der Waals surface area (Å²) in [5.41, 5.74) is 1.07. The lowest BCUT2D eigenvalue weighted by Gasteiger charge is -1.98. The van der Waals surface area contributed by atoms with Crippen LogP contribution in [0.2, 0.25) is 0 Å². The van der Waals surface area contributed by atoms with E-state index in [-0.39, 0.29) is 5.78 Å². The Hall–Kier alpha value is -1.96. The average Bonchev–Trinajstić information content (AvgIpc) is 2.31. The molecule has 0 fully saturated rings. The van der Waals surface area contributed by atoms with Gasteiger partial charge in [0, 0.05) is 18.6 Å². The number of benzene rings is 1. The van der Waals surface area contributed by atoms with Crippen LogP contribution in [-0.2, 0) is 17.8 Å². The summed E-state index contributed by atoms with van der Waals surface area (Å²) in [5, 5.41) is 0. The van der Waals surface area contributed by atoms with Gasteiger partial charge in [-0.2, -0.15) is 4.57 Å². The Morgan fingerprint density at radius 1 is 0.938 bits per heavy atom. The minimum atomic E-state index is 0.224. The molecule has 0 aliphatic heterocycles. The lowest BCUT2D eigenvalue weighted by atomic mass is 10.1. The van der Waals surface area contributed by atoms with Crippen LogP contribution in [0.3, 0.4) is 0 Å². The van der Waals surface area contributed by atoms with E-state index in [1.54, 1.807) is 0 Å². The maximum absolute atomic E-state index is 11.8. The van der Waals surface area contributed by atoms with Gasteiger partial charge < -0.3 is 0 Å². The minimum absolute atomic E-state index is 0.224. The van der Waals surface area contributed by atoms with Crippen molar-refractivity contribution in [2.45, 2.75) is 13.0 Å². The second-order valence-corrected chi connectivity index (χ2v) is 3.75. The number of carbonyl (C=O) groups is 1. The predicted octanol–water partition coefficient (Wildman–Crippen LogP) is 1.79. The highest BCUT2D eigenvalue weighted by molar-refractivity contribution is 5.79. The van der Waals surface area contributed by atoms with E-state index in [1.807, 2.05) is 65.5 Å². The van der Waals surface area contributed by atoms with E-state index in [9.17, 15) is 4.79 Å². The van der Waals surface area contributed by atoms with E-state index in [2.05, 4.69) is 0 Å². The molecule has 0 N–H and O–H groups in total. The monoisotopic (exact) mass is 212 g/mol. The second-order valence-electron chi connectivity index (χ2n) is 3.75. The summed E-state index contributed by atoms with van der Waals surface area (Å²) in [6, 6.07) is 15.6. The van der Waals surface area contributed by atoms with Gasteiger partial charge in [-0.05, 0) is 5.56 Å². The van der Waals surface area contributed by atoms with Gasteiger partial charge in [-0.3, -0.25) is 4.79 Å². The molecule has 2 rings (SSSR count). The molecule has 0 spiro atoms. The molecular formula is C14H14NO+. The van der Waals surface area contributed by atoms with E-state index in [0.29, 0.717) is 13.0 Å². The molecule has 2 aromatic rings. The van der Waals surface area contributed by atoms with Crippen molar-refractivity contribution in [1.29, 1.82) is 0 Å². The number of nitrogens with zero attached hydrogens (tertiary/aromatic N) is 1. The average molecular weight is 212 g/mol. The normalized spacial score (nSPS) is 10.0. The van der Waals surface area contributed by atoms with E-state index >= 15 is 0 Å². The number of pyridine rings is 1. The Morgan fingerprint density at radius 2 is 1.56 bits per heavy atom. The van der Waals surface area contributed by atoms with Crippen LogP contribution in [0.25, 0.3) is 0 Å². The van der Waals surface area contributed by atoms with Crippen molar-refractivity contribution in [2.75, 3.05) is 0 Å². The van der Waals surface area contributed by atoms with Crippen molar-refractivity contribution in [3.8, 4) is 0 Å². The number of aromatic nitrogens is 1. The first kappa shape index (κ1) is 10.6. The topological polar surface area (TPSA) is 20.9 Å². The van der Waals surface area contributed by atoms with Crippen molar-refractivity contribution in [1.82, 2.24) is 0 Å². The number of rotatable bonds is 4. The van der Waals surface area contributed by atoms with Gasteiger partial charge >= 0.3 is 0 Å². The summed E-state index contributed by atoms with van der Waals surface area (Å²) >= 11 is 0. The molecule has 1 heterocycles. The molecule has 1 aromatic heterocycles. The fraction of sp³-hybridized carbons (Fsp3) is 0.143. The summed E-state index contributed by atoms with van der Waals surface area (Å²) in [4.78, 5) is 11.8. The van der Waals surface area contributed by atoms with Crippen LogP contribution in [0.5, 0.6) is 0 Å². The van der Waals surface area contributed by atoms with Crippen LogP contribution in [0.1, 0.15) is 5.56 Å². The fourth-order valence-corrected chi connectivity index (χ4v) is 1.62. The molecule has 16 heavy (non-hydrogen) atoms. The zero-order valence-electron chi connectivity index (χ0n) is 9.04. The lowest BCUT2D eigenvalue weighted by molar-refractivity contribution is -0.684. The third-order valence-corrected chi connectivity index (χ3v) is 2.38. The largest absolute Gasteiger partial charge is 0.292 e. The molecule has 0 unspecified atom stereocenters. The van der Waals surface area contributed by atoms with Gasteiger partial charge in [0.1, 0.15) is 0 Å². The lowest BCUT2D eigenvalue weighted by Crippen LogP contribution is -2.37. The molecule has 2 nitrogen and oxygen atoms in total. The zero-order valence-corrected chi connectivity index (χ0v) is 9.04. The first-order valence-corrected chi connectivity index (χ1v) is 5.34. The van der Waals surface area contributed by atoms with Crippen LogP contribution >= 0.6 is 0 Å². The highest BCUT2D eigenvalue weighted by atomic mass is 16.1. The van der Waals surface area contributed by atoms with Gasteiger partial charge in [0.2, 0.25) is 12.3 Å². The molecule has 80 valence electrons. The van der Waals surface area contributed by atoms with Crippen LogP contribution < -0.4 is 4.57 Å². The third-order valence-electron chi connectivity index (χ3n) is 2.38. The molecule has 0 atom stereocenters. The van der Waals surface area contributed by atoms with E-state index in [4.69, 9.17) is 0 Å². The number of ketones is 1. The summed E-state index contributed by atoms with van der Waals surface area (Å²) in [7, 11) is 0. The van der Waals surface area contributed by atoms with Gasteiger partial charge in [0.25, 0.3) is 0 Å². The smallest absolute Gasteiger partial charge is 0.206 e. The summed E-state index contributed by atoms with van der Waals surface area (Å²) < 4.78 is 1.89. The Kier molecular flexibility index (Phi) is 3.44. The molecule has 0 saturated carbocycles. The quantitative estimate of drug-likeness (QED) is 0.708. The summed E-state index contributed by atoms with van der Waals surface area (Å²) in [6.45, 7) is 0.440. The third kappa shape index (κ3) is 3.02. The Morgan fingerprint density at radius 3 is 2.25 bits per heavy atom. The summed E-state index contributed by atoms with van der Waals surface area (Å²) in [5.74, 6) is 0.224. The van der Waals surface area contributed by atoms with Gasteiger partial charge in [-0.1, -0.05) is 36.4 Å². The molecule has 0 saturated heterocycles. The van der Waals surface area contributed by atoms with Crippen LogP contribution in [-0.4, -0.2) is 5.78 Å².